The first-order valence-electron chi connectivity index (χ1n) is 30.3. The standard InChI is InChI=1S/C64H114O6/c1-4-7-10-13-16-19-22-25-28-30-32-34-36-39-42-45-48-51-54-57-63(66)69-60-61(59-68-62(65)56-53-50-47-44-41-38-35-27-24-21-18-15-12-9-6-3)70-64(67)58-55-52-49-46-43-40-37-33-31-29-26-23-20-17-14-11-8-5-2/h16,18-19,21,25,27-28,32,34-35,61H,4-15,17,20,22-24,26,29-31,33,36-60H2,1-3H3/b19-16-,21-18-,28-25-,34-32-,35-27-. The summed E-state index contributed by atoms with van der Waals surface area (Å²) in [7, 11) is 0. The molecule has 6 heteroatoms. The second-order valence-electron chi connectivity index (χ2n) is 20.3. The molecule has 0 aliphatic carbocycles. The molecule has 0 aliphatic rings. The van der Waals surface area contributed by atoms with E-state index in [0.29, 0.717) is 19.3 Å². The van der Waals surface area contributed by atoms with Crippen LogP contribution in [-0.2, 0) is 28.6 Å². The summed E-state index contributed by atoms with van der Waals surface area (Å²) in [5, 5.41) is 0. The van der Waals surface area contributed by atoms with Crippen LogP contribution in [0.15, 0.2) is 60.8 Å². The molecule has 0 saturated heterocycles. The van der Waals surface area contributed by atoms with Crippen LogP contribution in [0.1, 0.15) is 310 Å². The average molecular weight is 980 g/mol. The molecule has 0 heterocycles. The van der Waals surface area contributed by atoms with E-state index >= 15 is 0 Å². The van der Waals surface area contributed by atoms with E-state index in [-0.39, 0.29) is 31.1 Å². The van der Waals surface area contributed by atoms with Crippen LogP contribution in [0.2, 0.25) is 0 Å². The van der Waals surface area contributed by atoms with Gasteiger partial charge in [0.1, 0.15) is 13.2 Å². The zero-order valence-electron chi connectivity index (χ0n) is 46.5. The third-order valence-electron chi connectivity index (χ3n) is 13.2. The first-order valence-corrected chi connectivity index (χ1v) is 30.3. The van der Waals surface area contributed by atoms with Gasteiger partial charge in [-0.05, 0) is 89.9 Å². The smallest absolute Gasteiger partial charge is 0.306 e. The highest BCUT2D eigenvalue weighted by Crippen LogP contribution is 2.16. The van der Waals surface area contributed by atoms with Gasteiger partial charge >= 0.3 is 17.9 Å². The van der Waals surface area contributed by atoms with Crippen LogP contribution in [0.4, 0.5) is 0 Å². The lowest BCUT2D eigenvalue weighted by molar-refractivity contribution is -0.167. The van der Waals surface area contributed by atoms with Crippen molar-refractivity contribution in [3.8, 4) is 0 Å². The summed E-state index contributed by atoms with van der Waals surface area (Å²) in [6.07, 6.45) is 73.5. The number of allylic oxidation sites excluding steroid dienone is 10. The van der Waals surface area contributed by atoms with Crippen LogP contribution in [0.5, 0.6) is 0 Å². The molecule has 0 radical (unpaired) electrons. The summed E-state index contributed by atoms with van der Waals surface area (Å²) in [6.45, 7) is 6.60. The predicted molar refractivity (Wildman–Crippen MR) is 302 cm³/mol. The number of carbonyl (C=O) groups excluding carboxylic acids is 3. The zero-order valence-corrected chi connectivity index (χ0v) is 46.5. The lowest BCUT2D eigenvalue weighted by atomic mass is 10.0. The van der Waals surface area contributed by atoms with Gasteiger partial charge in [-0.3, -0.25) is 14.4 Å². The molecule has 0 rings (SSSR count). The van der Waals surface area contributed by atoms with Crippen molar-refractivity contribution in [3.05, 3.63) is 60.8 Å². The molecule has 406 valence electrons. The van der Waals surface area contributed by atoms with Gasteiger partial charge in [-0.1, -0.05) is 261 Å². The molecule has 0 aromatic carbocycles. The highest BCUT2D eigenvalue weighted by atomic mass is 16.6. The van der Waals surface area contributed by atoms with E-state index < -0.39 is 6.10 Å². The van der Waals surface area contributed by atoms with Gasteiger partial charge in [-0.15, -0.1) is 0 Å². The molecule has 0 aromatic rings. The molecule has 0 aliphatic heterocycles. The fourth-order valence-electron chi connectivity index (χ4n) is 8.66. The number of rotatable bonds is 55. The van der Waals surface area contributed by atoms with Crippen LogP contribution in [0.25, 0.3) is 0 Å². The van der Waals surface area contributed by atoms with Gasteiger partial charge in [0.15, 0.2) is 6.10 Å². The fourth-order valence-corrected chi connectivity index (χ4v) is 8.66. The molecule has 0 saturated carbocycles. The molecule has 0 spiro atoms. The van der Waals surface area contributed by atoms with Crippen molar-refractivity contribution in [2.75, 3.05) is 13.2 Å². The van der Waals surface area contributed by atoms with Crippen LogP contribution in [-0.4, -0.2) is 37.2 Å². The van der Waals surface area contributed by atoms with E-state index in [0.717, 1.165) is 96.3 Å². The maximum Gasteiger partial charge on any atom is 0.306 e. The van der Waals surface area contributed by atoms with Crippen LogP contribution in [0.3, 0.4) is 0 Å². The maximum atomic E-state index is 12.9. The molecule has 0 fully saturated rings. The minimum atomic E-state index is -0.784. The Labute approximate surface area is 434 Å². The number of esters is 3. The van der Waals surface area contributed by atoms with Crippen molar-refractivity contribution in [1.29, 1.82) is 0 Å². The molecule has 0 amide bonds. The SMILES string of the molecule is CCCCC/C=C\C/C=C\C/C=C\CCCCCCCCC(=O)OCC(COC(=O)CCCCCCC/C=C\C/C=C\CCCCC)OC(=O)CCCCCCCCCCCCCCCCCCCC. The van der Waals surface area contributed by atoms with Crippen molar-refractivity contribution in [3.63, 3.8) is 0 Å². The van der Waals surface area contributed by atoms with E-state index in [1.54, 1.807) is 0 Å². The summed E-state index contributed by atoms with van der Waals surface area (Å²) >= 11 is 0. The second kappa shape index (κ2) is 58.7. The van der Waals surface area contributed by atoms with Crippen molar-refractivity contribution in [1.82, 2.24) is 0 Å². The number of ether oxygens (including phenoxy) is 3. The van der Waals surface area contributed by atoms with Gasteiger partial charge in [0.25, 0.3) is 0 Å². The van der Waals surface area contributed by atoms with Crippen molar-refractivity contribution >= 4 is 17.9 Å². The largest absolute Gasteiger partial charge is 0.462 e. The number of carbonyl (C=O) groups is 3. The van der Waals surface area contributed by atoms with Crippen LogP contribution < -0.4 is 0 Å². The van der Waals surface area contributed by atoms with E-state index in [4.69, 9.17) is 14.2 Å². The highest BCUT2D eigenvalue weighted by molar-refractivity contribution is 5.71. The molecular formula is C64H114O6. The van der Waals surface area contributed by atoms with Gasteiger partial charge in [0.05, 0.1) is 0 Å². The normalized spacial score (nSPS) is 12.4. The summed E-state index contributed by atoms with van der Waals surface area (Å²) < 4.78 is 16.9. The molecule has 0 aromatic heterocycles. The lowest BCUT2D eigenvalue weighted by Crippen LogP contribution is -2.30. The third-order valence-corrected chi connectivity index (χ3v) is 13.2. The highest BCUT2D eigenvalue weighted by Gasteiger charge is 2.19. The lowest BCUT2D eigenvalue weighted by Gasteiger charge is -2.18. The van der Waals surface area contributed by atoms with E-state index in [1.807, 2.05) is 0 Å². The Morgan fingerprint density at radius 2 is 0.514 bits per heavy atom. The summed E-state index contributed by atoms with van der Waals surface area (Å²) in [6, 6.07) is 0. The summed E-state index contributed by atoms with van der Waals surface area (Å²) in [4.78, 5) is 38.2. The van der Waals surface area contributed by atoms with Gasteiger partial charge in [0, 0.05) is 19.3 Å². The van der Waals surface area contributed by atoms with Crippen molar-refractivity contribution in [2.45, 2.75) is 316 Å². The van der Waals surface area contributed by atoms with Gasteiger partial charge in [-0.25, -0.2) is 0 Å². The quantitative estimate of drug-likeness (QED) is 0.0261. The monoisotopic (exact) mass is 979 g/mol. The van der Waals surface area contributed by atoms with Crippen LogP contribution in [0, 0.1) is 0 Å². The maximum absolute atomic E-state index is 12.9. The Hall–Kier alpha value is -2.89. The Morgan fingerprint density at radius 3 is 0.829 bits per heavy atom. The van der Waals surface area contributed by atoms with Crippen molar-refractivity contribution in [2.24, 2.45) is 0 Å². The van der Waals surface area contributed by atoms with E-state index in [9.17, 15) is 14.4 Å². The molecule has 1 atom stereocenters. The minimum absolute atomic E-state index is 0.0832. The molecule has 70 heavy (non-hydrogen) atoms. The number of unbranched alkanes of at least 4 members (excludes halogenated alkanes) is 34. The Morgan fingerprint density at radius 1 is 0.286 bits per heavy atom. The topological polar surface area (TPSA) is 78.9 Å². The third kappa shape index (κ3) is 56.0. The van der Waals surface area contributed by atoms with Crippen molar-refractivity contribution < 1.29 is 28.6 Å². The first-order chi connectivity index (χ1) is 34.5. The minimum Gasteiger partial charge on any atom is -0.462 e. The molecule has 0 N–H and O–H groups in total. The van der Waals surface area contributed by atoms with E-state index in [1.165, 1.54) is 173 Å². The summed E-state index contributed by atoms with van der Waals surface area (Å²) in [5.74, 6) is -0.893. The number of hydrogen-bond donors (Lipinski definition) is 0. The summed E-state index contributed by atoms with van der Waals surface area (Å²) in [5.41, 5.74) is 0. The first kappa shape index (κ1) is 67.1. The number of hydrogen-bond acceptors (Lipinski definition) is 6. The molecule has 1 unspecified atom stereocenters. The van der Waals surface area contributed by atoms with Gasteiger partial charge in [0.2, 0.25) is 0 Å². The molecule has 0 bridgehead atoms. The molecular weight excluding hydrogens is 865 g/mol. The zero-order chi connectivity index (χ0) is 50.7. The Balaban J connectivity index is 4.39. The van der Waals surface area contributed by atoms with Gasteiger partial charge in [-0.2, -0.15) is 0 Å². The Kier molecular flexibility index (Phi) is 56.3. The Bertz CT molecular complexity index is 1260. The second-order valence-corrected chi connectivity index (χ2v) is 20.3. The van der Waals surface area contributed by atoms with Gasteiger partial charge < -0.3 is 14.2 Å². The average Bonchev–Trinajstić information content (AvgIpc) is 3.36. The van der Waals surface area contributed by atoms with Crippen LogP contribution >= 0.6 is 0 Å². The predicted octanol–water partition coefficient (Wildman–Crippen LogP) is 20.4. The van der Waals surface area contributed by atoms with E-state index in [2.05, 4.69) is 81.5 Å². The molecule has 6 nitrogen and oxygen atoms in total. The fraction of sp³-hybridized carbons (Fsp3) is 0.797.